The van der Waals surface area contributed by atoms with Gasteiger partial charge in [-0.1, -0.05) is 129 Å². The van der Waals surface area contributed by atoms with Crippen LogP contribution in [0.3, 0.4) is 0 Å². The Labute approximate surface area is 244 Å². The van der Waals surface area contributed by atoms with Crippen molar-refractivity contribution >= 4 is 33.6 Å². The maximum Gasteiger partial charge on any atom is 0.0687 e. The lowest BCUT2D eigenvalue weighted by molar-refractivity contribution is 0.660. The van der Waals surface area contributed by atoms with Crippen LogP contribution in [-0.2, 0) is 5.41 Å². The van der Waals surface area contributed by atoms with Gasteiger partial charge in [0.15, 0.2) is 0 Å². The highest BCUT2D eigenvalue weighted by Gasteiger charge is 2.41. The normalized spacial score (nSPS) is 14.2. The maximum atomic E-state index is 2.55. The first-order valence-corrected chi connectivity index (χ1v) is 15.1. The van der Waals surface area contributed by atoms with Crippen LogP contribution in [0.15, 0.2) is 137 Å². The molecule has 0 unspecified atom stereocenters. The average Bonchev–Trinajstić information content (AvgIpc) is 3.48. The predicted molar refractivity (Wildman–Crippen MR) is 173 cm³/mol. The van der Waals surface area contributed by atoms with Crippen LogP contribution in [0.1, 0.15) is 25.0 Å². The number of hydrogen-bond acceptors (Lipinski definition) is 1. The van der Waals surface area contributed by atoms with Crippen LogP contribution in [0, 0.1) is 0 Å². The van der Waals surface area contributed by atoms with Gasteiger partial charge in [0, 0.05) is 37.1 Å². The molecule has 0 spiro atoms. The van der Waals surface area contributed by atoms with Crippen LogP contribution < -0.4 is 0 Å². The molecule has 0 N–H and O–H groups in total. The van der Waals surface area contributed by atoms with Gasteiger partial charge in [-0.25, -0.2) is 0 Å². The Bertz CT molecular complexity index is 2190. The zero-order valence-corrected chi connectivity index (χ0v) is 23.8. The summed E-state index contributed by atoms with van der Waals surface area (Å²) in [5, 5.41) is 2.63. The van der Waals surface area contributed by atoms with E-state index in [2.05, 4.69) is 146 Å². The van der Waals surface area contributed by atoms with Gasteiger partial charge >= 0.3 is 0 Å². The van der Waals surface area contributed by atoms with Gasteiger partial charge in [0.25, 0.3) is 0 Å². The van der Waals surface area contributed by atoms with E-state index in [1.54, 1.807) is 0 Å². The molecule has 1 aliphatic carbocycles. The minimum Gasteiger partial charge on any atom is -0.306 e. The van der Waals surface area contributed by atoms with Crippen molar-refractivity contribution in [2.45, 2.75) is 29.1 Å². The van der Waals surface area contributed by atoms with Gasteiger partial charge in [-0.2, -0.15) is 0 Å². The molecular formula is C39H27NS. The number of hydrogen-bond donors (Lipinski definition) is 0. The summed E-state index contributed by atoms with van der Waals surface area (Å²) in [5.41, 5.74) is 14.4. The Morgan fingerprint density at radius 3 is 2.07 bits per heavy atom. The van der Waals surface area contributed by atoms with Gasteiger partial charge in [-0.05, 0) is 57.6 Å². The average molecular weight is 542 g/mol. The van der Waals surface area contributed by atoms with E-state index in [0.29, 0.717) is 0 Å². The summed E-state index contributed by atoms with van der Waals surface area (Å²) in [5.74, 6) is 0. The van der Waals surface area contributed by atoms with Crippen molar-refractivity contribution in [3.8, 4) is 39.1 Å². The van der Waals surface area contributed by atoms with Crippen LogP contribution >= 0.6 is 11.8 Å². The summed E-state index contributed by atoms with van der Waals surface area (Å²) in [6.45, 7) is 4.80. The first-order valence-electron chi connectivity index (χ1n) is 14.3. The van der Waals surface area contributed by atoms with E-state index in [4.69, 9.17) is 0 Å². The highest BCUT2D eigenvalue weighted by Crippen LogP contribution is 2.59. The summed E-state index contributed by atoms with van der Waals surface area (Å²) in [6, 6.07) is 47.0. The molecule has 0 saturated heterocycles. The van der Waals surface area contributed by atoms with Crippen LogP contribution in [0.2, 0.25) is 0 Å². The summed E-state index contributed by atoms with van der Waals surface area (Å²) in [4.78, 5) is 2.69. The molecule has 194 valence electrons. The van der Waals surface area contributed by atoms with E-state index in [1.165, 1.54) is 81.8 Å². The molecule has 41 heavy (non-hydrogen) atoms. The van der Waals surface area contributed by atoms with Crippen LogP contribution in [0.25, 0.3) is 60.9 Å². The van der Waals surface area contributed by atoms with Gasteiger partial charge in [-0.15, -0.1) is 0 Å². The van der Waals surface area contributed by atoms with Crippen molar-refractivity contribution < 1.29 is 0 Å². The van der Waals surface area contributed by atoms with Gasteiger partial charge in [0.1, 0.15) is 0 Å². The Kier molecular flexibility index (Phi) is 4.67. The number of benzene rings is 6. The summed E-state index contributed by atoms with van der Waals surface area (Å²) in [6.07, 6.45) is 0. The quantitative estimate of drug-likeness (QED) is 0.211. The van der Waals surface area contributed by atoms with Crippen molar-refractivity contribution in [3.63, 3.8) is 0 Å². The van der Waals surface area contributed by atoms with Gasteiger partial charge < -0.3 is 4.57 Å². The van der Waals surface area contributed by atoms with Gasteiger partial charge in [-0.3, -0.25) is 0 Å². The highest BCUT2D eigenvalue weighted by molar-refractivity contribution is 8.00. The van der Waals surface area contributed by atoms with Gasteiger partial charge in [0.05, 0.1) is 16.7 Å². The molecule has 1 aromatic heterocycles. The van der Waals surface area contributed by atoms with E-state index in [0.717, 1.165) is 0 Å². The predicted octanol–water partition coefficient (Wildman–Crippen LogP) is 10.9. The van der Waals surface area contributed by atoms with E-state index in [-0.39, 0.29) is 5.41 Å². The molecule has 0 saturated carbocycles. The van der Waals surface area contributed by atoms with Crippen molar-refractivity contribution in [1.82, 2.24) is 4.57 Å². The first-order chi connectivity index (χ1) is 20.1. The topological polar surface area (TPSA) is 4.93 Å². The second kappa shape index (κ2) is 8.25. The van der Waals surface area contributed by atoms with Crippen LogP contribution in [-0.4, -0.2) is 4.57 Å². The number of nitrogens with zero attached hydrogens (tertiary/aromatic N) is 1. The smallest absolute Gasteiger partial charge is 0.0687 e. The molecule has 1 aliphatic heterocycles. The number of fused-ring (bicyclic) bond motifs is 9. The number of para-hydroxylation sites is 2. The standard InChI is InChI=1S/C39H27NS/c1-39(2)31-22-26(24-12-5-3-6-13-24)20-21-29(31)35-32(39)23-30(25-14-7-4-8-15-25)37-38(35)41-34-19-11-17-28-27-16-9-10-18-33(27)40(37)36(28)34/h3-23H,1-2H3. The molecule has 2 heterocycles. The molecule has 0 atom stereocenters. The van der Waals surface area contributed by atoms with Crippen LogP contribution in [0.4, 0.5) is 0 Å². The first kappa shape index (κ1) is 23.2. The van der Waals surface area contributed by atoms with E-state index >= 15 is 0 Å². The summed E-state index contributed by atoms with van der Waals surface area (Å²) in [7, 11) is 0. The zero-order valence-electron chi connectivity index (χ0n) is 23.0. The highest BCUT2D eigenvalue weighted by atomic mass is 32.2. The van der Waals surface area contributed by atoms with E-state index < -0.39 is 0 Å². The molecule has 0 bridgehead atoms. The molecule has 0 amide bonds. The Balaban J connectivity index is 1.42. The minimum atomic E-state index is -0.125. The zero-order chi connectivity index (χ0) is 27.3. The monoisotopic (exact) mass is 541 g/mol. The van der Waals surface area contributed by atoms with Gasteiger partial charge in [0.2, 0.25) is 0 Å². The molecule has 0 radical (unpaired) electrons. The third kappa shape index (κ3) is 3.09. The Morgan fingerprint density at radius 1 is 0.561 bits per heavy atom. The number of rotatable bonds is 2. The largest absolute Gasteiger partial charge is 0.306 e. The fourth-order valence-corrected chi connectivity index (χ4v) is 8.50. The second-order valence-corrected chi connectivity index (χ2v) is 12.8. The third-order valence-electron chi connectivity index (χ3n) is 9.18. The molecule has 0 fully saturated rings. The summed E-state index contributed by atoms with van der Waals surface area (Å²) >= 11 is 1.95. The fraction of sp³-hybridized carbons (Fsp3) is 0.0769. The summed E-state index contributed by atoms with van der Waals surface area (Å²) < 4.78 is 2.55. The lowest BCUT2D eigenvalue weighted by Crippen LogP contribution is -2.16. The van der Waals surface area contributed by atoms with Crippen molar-refractivity contribution in [2.24, 2.45) is 0 Å². The Morgan fingerprint density at radius 2 is 1.27 bits per heavy atom. The van der Waals surface area contributed by atoms with Crippen molar-refractivity contribution in [1.29, 1.82) is 0 Å². The minimum absolute atomic E-state index is 0.125. The van der Waals surface area contributed by atoms with Crippen molar-refractivity contribution in [2.75, 3.05) is 0 Å². The Hall–Kier alpha value is -4.53. The molecule has 9 rings (SSSR count). The molecule has 7 aromatic rings. The lowest BCUT2D eigenvalue weighted by atomic mass is 9.80. The number of aromatic nitrogens is 1. The molecular weight excluding hydrogens is 515 g/mol. The molecule has 6 aromatic carbocycles. The molecule has 2 aliphatic rings. The maximum absolute atomic E-state index is 2.55. The van der Waals surface area contributed by atoms with Crippen molar-refractivity contribution in [3.05, 3.63) is 139 Å². The SMILES string of the molecule is CC1(C)c2cc(-c3ccccc3)ccc2-c2c1cc(-c1ccccc1)c1c2Sc2cccc3c4ccccc4n-1c23. The van der Waals surface area contributed by atoms with Crippen LogP contribution in [0.5, 0.6) is 0 Å². The molecule has 2 heteroatoms. The fourth-order valence-electron chi connectivity index (χ4n) is 7.21. The lowest BCUT2D eigenvalue weighted by Gasteiger charge is -2.28. The second-order valence-electron chi connectivity index (χ2n) is 11.7. The third-order valence-corrected chi connectivity index (χ3v) is 10.3. The van der Waals surface area contributed by atoms with E-state index in [9.17, 15) is 0 Å². The molecule has 1 nitrogen and oxygen atoms in total. The van der Waals surface area contributed by atoms with E-state index in [1.807, 2.05) is 11.8 Å².